The zero-order chi connectivity index (χ0) is 12.8. The van der Waals surface area contributed by atoms with Crippen LogP contribution in [0.2, 0.25) is 0 Å². The molecule has 1 saturated heterocycles. The van der Waals surface area contributed by atoms with E-state index in [-0.39, 0.29) is 12.4 Å². The number of ether oxygens (including phenoxy) is 1. The van der Waals surface area contributed by atoms with Crippen LogP contribution in [0.4, 0.5) is 0 Å². The third-order valence-electron chi connectivity index (χ3n) is 3.65. The summed E-state index contributed by atoms with van der Waals surface area (Å²) < 4.78 is 6.95. The highest BCUT2D eigenvalue weighted by molar-refractivity contribution is 9.10. The quantitative estimate of drug-likeness (QED) is 0.861. The van der Waals surface area contributed by atoms with E-state index in [0.29, 0.717) is 0 Å². The van der Waals surface area contributed by atoms with Crippen LogP contribution < -0.4 is 10.1 Å². The third kappa shape index (κ3) is 5.33. The van der Waals surface area contributed by atoms with E-state index in [0.717, 1.165) is 29.2 Å². The number of halogens is 2. The highest BCUT2D eigenvalue weighted by Crippen LogP contribution is 2.27. The summed E-state index contributed by atoms with van der Waals surface area (Å²) >= 11 is 3.58. The predicted molar refractivity (Wildman–Crippen MR) is 86.5 cm³/mol. The minimum Gasteiger partial charge on any atom is -0.492 e. The van der Waals surface area contributed by atoms with Crippen molar-refractivity contribution < 1.29 is 4.74 Å². The van der Waals surface area contributed by atoms with Gasteiger partial charge in [-0.25, -0.2) is 0 Å². The van der Waals surface area contributed by atoms with Crippen LogP contribution in [0.1, 0.15) is 31.7 Å². The van der Waals surface area contributed by atoms with Crippen molar-refractivity contribution in [1.82, 2.24) is 5.32 Å². The van der Waals surface area contributed by atoms with Gasteiger partial charge in [-0.2, -0.15) is 0 Å². The Labute approximate surface area is 130 Å². The van der Waals surface area contributed by atoms with E-state index in [1.165, 1.54) is 37.9 Å². The van der Waals surface area contributed by atoms with Gasteiger partial charge in [0.15, 0.2) is 0 Å². The van der Waals surface area contributed by atoms with Gasteiger partial charge in [0.25, 0.3) is 0 Å². The Balaban J connectivity index is 0.00000180. The number of nitrogens with one attached hydrogen (secondary N) is 1. The average Bonchev–Trinajstić information content (AvgIpc) is 2.42. The van der Waals surface area contributed by atoms with Crippen molar-refractivity contribution in [1.29, 1.82) is 0 Å². The van der Waals surface area contributed by atoms with Crippen molar-refractivity contribution in [3.63, 3.8) is 0 Å². The van der Waals surface area contributed by atoms with Crippen molar-refractivity contribution in [3.05, 3.63) is 28.2 Å². The van der Waals surface area contributed by atoms with Gasteiger partial charge >= 0.3 is 0 Å². The van der Waals surface area contributed by atoms with E-state index in [1.54, 1.807) is 0 Å². The molecule has 0 atom stereocenters. The number of benzene rings is 1. The maximum atomic E-state index is 5.87. The van der Waals surface area contributed by atoms with Crippen LogP contribution in [0, 0.1) is 5.92 Å². The number of piperidine rings is 1. The Bertz CT molecular complexity index is 380. The summed E-state index contributed by atoms with van der Waals surface area (Å²) in [6.07, 6.45) is 4.82. The molecule has 0 saturated carbocycles. The molecule has 1 fully saturated rings. The monoisotopic (exact) mass is 347 g/mol. The zero-order valence-electron chi connectivity index (χ0n) is 11.5. The SMILES string of the molecule is CCc1ccc(OCCC2CCNCC2)c(Br)c1.Cl. The summed E-state index contributed by atoms with van der Waals surface area (Å²) in [5.41, 5.74) is 1.34. The Morgan fingerprint density at radius 3 is 2.68 bits per heavy atom. The summed E-state index contributed by atoms with van der Waals surface area (Å²) in [4.78, 5) is 0. The van der Waals surface area contributed by atoms with Crippen LogP contribution in [0.25, 0.3) is 0 Å². The van der Waals surface area contributed by atoms with E-state index in [4.69, 9.17) is 4.74 Å². The lowest BCUT2D eigenvalue weighted by molar-refractivity contribution is 0.251. The Hall–Kier alpha value is -0.250. The number of rotatable bonds is 5. The molecule has 1 aromatic carbocycles. The minimum absolute atomic E-state index is 0. The van der Waals surface area contributed by atoms with Crippen molar-refractivity contribution in [2.75, 3.05) is 19.7 Å². The highest BCUT2D eigenvalue weighted by atomic mass is 79.9. The van der Waals surface area contributed by atoms with Crippen LogP contribution in [0.5, 0.6) is 5.75 Å². The summed E-state index contributed by atoms with van der Waals surface area (Å²) in [5, 5.41) is 3.40. The molecule has 0 aromatic heterocycles. The van der Waals surface area contributed by atoms with Crippen molar-refractivity contribution >= 4 is 28.3 Å². The van der Waals surface area contributed by atoms with E-state index in [2.05, 4.69) is 46.4 Å². The van der Waals surface area contributed by atoms with Crippen LogP contribution in [0.15, 0.2) is 22.7 Å². The van der Waals surface area contributed by atoms with Crippen LogP contribution in [0.3, 0.4) is 0 Å². The van der Waals surface area contributed by atoms with Crippen molar-refractivity contribution in [3.8, 4) is 5.75 Å². The summed E-state index contributed by atoms with van der Waals surface area (Å²) in [7, 11) is 0. The molecule has 1 aliphatic rings. The fourth-order valence-electron chi connectivity index (χ4n) is 2.39. The van der Waals surface area contributed by atoms with Gasteiger partial charge in [0.1, 0.15) is 5.75 Å². The molecule has 0 radical (unpaired) electrons. The minimum atomic E-state index is 0. The second kappa shape index (κ2) is 8.83. The Morgan fingerprint density at radius 1 is 1.32 bits per heavy atom. The molecule has 0 unspecified atom stereocenters. The lowest BCUT2D eigenvalue weighted by Gasteiger charge is -2.22. The van der Waals surface area contributed by atoms with Crippen LogP contribution in [-0.2, 0) is 6.42 Å². The van der Waals surface area contributed by atoms with E-state index in [1.807, 2.05) is 0 Å². The van der Waals surface area contributed by atoms with Gasteiger partial charge in [-0.05, 0) is 78.3 Å². The van der Waals surface area contributed by atoms with Crippen LogP contribution in [-0.4, -0.2) is 19.7 Å². The molecular formula is C15H23BrClNO. The molecular weight excluding hydrogens is 326 g/mol. The smallest absolute Gasteiger partial charge is 0.133 e. The van der Waals surface area contributed by atoms with Gasteiger partial charge in [-0.3, -0.25) is 0 Å². The molecule has 1 N–H and O–H groups in total. The normalized spacial score (nSPS) is 15.9. The molecule has 108 valence electrons. The predicted octanol–water partition coefficient (Wildman–Crippen LogP) is 4.20. The molecule has 1 heterocycles. The molecule has 2 nitrogen and oxygen atoms in total. The zero-order valence-corrected chi connectivity index (χ0v) is 13.9. The highest BCUT2D eigenvalue weighted by Gasteiger charge is 2.13. The first-order chi connectivity index (χ1) is 8.79. The molecule has 0 bridgehead atoms. The van der Waals surface area contributed by atoms with Crippen molar-refractivity contribution in [2.24, 2.45) is 5.92 Å². The molecule has 0 aliphatic carbocycles. The number of hydrogen-bond acceptors (Lipinski definition) is 2. The first-order valence-electron chi connectivity index (χ1n) is 6.91. The average molecular weight is 349 g/mol. The molecule has 1 aromatic rings. The lowest BCUT2D eigenvalue weighted by Crippen LogP contribution is -2.28. The number of hydrogen-bond donors (Lipinski definition) is 1. The second-order valence-corrected chi connectivity index (χ2v) is 5.80. The molecule has 4 heteroatoms. The van der Waals surface area contributed by atoms with Gasteiger partial charge in [0, 0.05) is 0 Å². The van der Waals surface area contributed by atoms with Gasteiger partial charge < -0.3 is 10.1 Å². The van der Waals surface area contributed by atoms with E-state index in [9.17, 15) is 0 Å². The number of aryl methyl sites for hydroxylation is 1. The summed E-state index contributed by atoms with van der Waals surface area (Å²) in [6, 6.07) is 6.37. The lowest BCUT2D eigenvalue weighted by atomic mass is 9.95. The van der Waals surface area contributed by atoms with Crippen molar-refractivity contribution in [2.45, 2.75) is 32.6 Å². The largest absolute Gasteiger partial charge is 0.492 e. The van der Waals surface area contributed by atoms with Crippen LogP contribution >= 0.6 is 28.3 Å². The second-order valence-electron chi connectivity index (χ2n) is 4.95. The fourth-order valence-corrected chi connectivity index (χ4v) is 2.93. The first-order valence-corrected chi connectivity index (χ1v) is 7.71. The maximum Gasteiger partial charge on any atom is 0.133 e. The molecule has 1 aliphatic heterocycles. The fraction of sp³-hybridized carbons (Fsp3) is 0.600. The Kier molecular flexibility index (Phi) is 7.81. The standard InChI is InChI=1S/C15H22BrNO.ClH/c1-2-12-3-4-15(14(16)11-12)18-10-7-13-5-8-17-9-6-13;/h3-4,11,13,17H,2,5-10H2,1H3;1H. The molecule has 2 rings (SSSR count). The summed E-state index contributed by atoms with van der Waals surface area (Å²) in [6.45, 7) is 5.33. The van der Waals surface area contributed by atoms with Gasteiger partial charge in [0.2, 0.25) is 0 Å². The van der Waals surface area contributed by atoms with Gasteiger partial charge in [-0.15, -0.1) is 12.4 Å². The van der Waals surface area contributed by atoms with Gasteiger partial charge in [0.05, 0.1) is 11.1 Å². The molecule has 19 heavy (non-hydrogen) atoms. The van der Waals surface area contributed by atoms with E-state index >= 15 is 0 Å². The summed E-state index contributed by atoms with van der Waals surface area (Å²) in [5.74, 6) is 1.81. The van der Waals surface area contributed by atoms with Gasteiger partial charge in [-0.1, -0.05) is 13.0 Å². The third-order valence-corrected chi connectivity index (χ3v) is 4.27. The topological polar surface area (TPSA) is 21.3 Å². The first kappa shape index (κ1) is 16.8. The Morgan fingerprint density at radius 2 is 2.05 bits per heavy atom. The molecule has 0 amide bonds. The van der Waals surface area contributed by atoms with E-state index < -0.39 is 0 Å². The molecule has 0 spiro atoms. The maximum absolute atomic E-state index is 5.87.